The van der Waals surface area contributed by atoms with Gasteiger partial charge in [-0.2, -0.15) is 0 Å². The largest absolute Gasteiger partial charge is 2.00 e. The van der Waals surface area contributed by atoms with E-state index in [0.717, 1.165) is 11.3 Å². The van der Waals surface area contributed by atoms with Gasteiger partial charge in [-0.25, -0.2) is 4.39 Å². The molecule has 1 amide bonds. The van der Waals surface area contributed by atoms with E-state index in [0.29, 0.717) is 28.1 Å². The number of carboxylic acids is 2. The van der Waals surface area contributed by atoms with Crippen LogP contribution in [-0.2, 0) is 16.1 Å². The average molecular weight is 840 g/mol. The number of aliphatic hydroxyl groups excluding tert-OH is 7. The van der Waals surface area contributed by atoms with Gasteiger partial charge in [0.05, 0.1) is 36.0 Å². The Balaban J connectivity index is 0.000000640. The number of aliphatic carboxylic acids is 2. The summed E-state index contributed by atoms with van der Waals surface area (Å²) < 4.78 is 16.0. The summed E-state index contributed by atoms with van der Waals surface area (Å²) in [6.07, 6.45) is -10.8. The maximum atomic E-state index is 14.0. The molecule has 14 nitrogen and oxygen atoms in total. The van der Waals surface area contributed by atoms with Crippen LogP contribution in [-0.4, -0.2) is 147 Å². The second-order valence-electron chi connectivity index (χ2n) is 12.9. The van der Waals surface area contributed by atoms with Crippen LogP contribution in [0.1, 0.15) is 55.1 Å². The topological polar surface area (TPSA) is 256 Å². The molecule has 8 N–H and O–H groups in total. The molecule has 6 atom stereocenters. The minimum atomic E-state index is -2.31. The molecule has 16 heteroatoms. The van der Waals surface area contributed by atoms with Gasteiger partial charge in [0.25, 0.3) is 5.91 Å². The summed E-state index contributed by atoms with van der Waals surface area (Å²) in [7, 11) is 0. The van der Waals surface area contributed by atoms with Crippen molar-refractivity contribution in [1.29, 1.82) is 0 Å². The van der Waals surface area contributed by atoms with Gasteiger partial charge in [0, 0.05) is 35.9 Å². The quantitative estimate of drug-likeness (QED) is 0.0642. The molecule has 1 aromatic heterocycles. The molecule has 0 aliphatic rings. The summed E-state index contributed by atoms with van der Waals surface area (Å²) in [5, 5.41) is 88.0. The standard InChI is InChI=1S/C33H35FN2O5.C6H12O7.Sr/c1-21(2)31-30(33(41)35-25-11-7-4-8-12-25)29(22-9-5-3-6-10-22)32(23-13-15-24(34)16-14-23)36(31)18-17-26(37)19-27(38)20-28(39)40;7-1-2(8)3(9)4(10)5(11)6(12)13;/h3-16,21,26-27,37-38H,17-20H2,1-2H3,(H,35,41)(H,39,40);2-5,7-11H,1H2,(H,12,13);/q;;+2/p-2/t26-,27-;2-,3-,4-,5+;/m10./s1. The van der Waals surface area contributed by atoms with Crippen molar-refractivity contribution in [3.63, 3.8) is 0 Å². The van der Waals surface area contributed by atoms with Crippen LogP contribution in [0.4, 0.5) is 10.1 Å². The number of anilines is 1. The SMILES string of the molecule is CC(C)c1c(C(=O)Nc2ccccc2)c(-c2ccccc2)c(-c2ccc(F)cc2)n1CC[C@@H](O)C[C@@H](O)CC(=O)[O-].O=C([O-])[C@H](O)[C@@H](O)[C@@H](O)[C@@H](O)CO.[Sr+2]. The van der Waals surface area contributed by atoms with Crippen molar-refractivity contribution in [2.24, 2.45) is 0 Å². The van der Waals surface area contributed by atoms with E-state index in [2.05, 4.69) is 5.32 Å². The molecule has 0 saturated carbocycles. The molecule has 0 spiro atoms. The number of amides is 1. The number of carbonyl (C=O) groups excluding carboxylic acids is 3. The number of hydrogen-bond acceptors (Lipinski definition) is 12. The summed E-state index contributed by atoms with van der Waals surface area (Å²) in [5.41, 5.74) is 4.72. The molecule has 292 valence electrons. The van der Waals surface area contributed by atoms with Gasteiger partial charge in [0.15, 0.2) is 0 Å². The van der Waals surface area contributed by atoms with E-state index in [1.807, 2.05) is 66.9 Å². The van der Waals surface area contributed by atoms with Crippen LogP contribution in [0.25, 0.3) is 22.4 Å². The van der Waals surface area contributed by atoms with Gasteiger partial charge >= 0.3 is 45.5 Å². The minimum Gasteiger partial charge on any atom is -0.550 e. The first-order chi connectivity index (χ1) is 25.6. The molecule has 55 heavy (non-hydrogen) atoms. The average Bonchev–Trinajstić information content (AvgIpc) is 3.49. The van der Waals surface area contributed by atoms with E-state index in [-0.39, 0.29) is 76.7 Å². The monoisotopic (exact) mass is 840 g/mol. The van der Waals surface area contributed by atoms with Crippen LogP contribution in [0.3, 0.4) is 0 Å². The fourth-order valence-corrected chi connectivity index (χ4v) is 5.86. The molecule has 0 saturated heterocycles. The molecular weight excluding hydrogens is 795 g/mol. The number of rotatable bonds is 17. The molecule has 0 unspecified atom stereocenters. The number of nitrogens with zero attached hydrogens (tertiary/aromatic N) is 1. The van der Waals surface area contributed by atoms with E-state index < -0.39 is 67.4 Å². The molecular formula is C39H45FN2O12Sr. The molecule has 0 bridgehead atoms. The summed E-state index contributed by atoms with van der Waals surface area (Å²) in [4.78, 5) is 34.9. The summed E-state index contributed by atoms with van der Waals surface area (Å²) >= 11 is 0. The first-order valence-corrected chi connectivity index (χ1v) is 17.1. The third kappa shape index (κ3) is 13.6. The van der Waals surface area contributed by atoms with Crippen molar-refractivity contribution in [3.8, 4) is 22.4 Å². The van der Waals surface area contributed by atoms with Crippen molar-refractivity contribution in [2.45, 2.75) is 82.2 Å². The van der Waals surface area contributed by atoms with Crippen LogP contribution >= 0.6 is 0 Å². The van der Waals surface area contributed by atoms with E-state index in [4.69, 9.17) is 25.5 Å². The van der Waals surface area contributed by atoms with Gasteiger partial charge in [0.2, 0.25) is 0 Å². The number of hydrogen-bond donors (Lipinski definition) is 8. The zero-order valence-corrected chi connectivity index (χ0v) is 33.8. The van der Waals surface area contributed by atoms with Gasteiger partial charge in [0.1, 0.15) is 30.2 Å². The molecule has 0 aliphatic carbocycles. The number of nitrogens with one attached hydrogen (secondary N) is 1. The van der Waals surface area contributed by atoms with Gasteiger partial charge in [-0.05, 0) is 66.3 Å². The zero-order valence-electron chi connectivity index (χ0n) is 30.4. The van der Waals surface area contributed by atoms with Gasteiger partial charge < -0.3 is 65.4 Å². The zero-order chi connectivity index (χ0) is 40.1. The fourth-order valence-electron chi connectivity index (χ4n) is 5.86. The van der Waals surface area contributed by atoms with E-state index >= 15 is 0 Å². The number of benzene rings is 3. The van der Waals surface area contributed by atoms with Crippen molar-refractivity contribution in [3.05, 3.63) is 102 Å². The van der Waals surface area contributed by atoms with Crippen molar-refractivity contribution >= 4 is 69.0 Å². The Morgan fingerprint density at radius 1 is 0.782 bits per heavy atom. The van der Waals surface area contributed by atoms with Gasteiger partial charge in [-0.1, -0.05) is 62.4 Å². The first kappa shape index (κ1) is 47.6. The maximum absolute atomic E-state index is 14.0. The molecule has 0 fully saturated rings. The van der Waals surface area contributed by atoms with Crippen LogP contribution < -0.4 is 15.5 Å². The molecule has 4 aromatic rings. The second kappa shape index (κ2) is 22.9. The molecule has 1 heterocycles. The van der Waals surface area contributed by atoms with Crippen LogP contribution in [0.5, 0.6) is 0 Å². The summed E-state index contributed by atoms with van der Waals surface area (Å²) in [5.74, 6) is -4.18. The van der Waals surface area contributed by atoms with Crippen molar-refractivity contribution in [2.75, 3.05) is 11.9 Å². The Kier molecular flexibility index (Phi) is 19.8. The maximum Gasteiger partial charge on any atom is 2.00 e. The summed E-state index contributed by atoms with van der Waals surface area (Å²) in [6.45, 7) is 3.36. The number of carbonyl (C=O) groups is 3. The Morgan fingerprint density at radius 2 is 1.35 bits per heavy atom. The minimum absolute atomic E-state index is 0. The van der Waals surface area contributed by atoms with Crippen LogP contribution in [0.2, 0.25) is 0 Å². The molecule has 0 aliphatic heterocycles. The molecule has 3 aromatic carbocycles. The number of carboxylic acid groups (broad SMARTS) is 2. The van der Waals surface area contributed by atoms with Crippen LogP contribution in [0.15, 0.2) is 84.9 Å². The van der Waals surface area contributed by atoms with E-state index in [9.17, 15) is 39.2 Å². The Labute approximate surface area is 354 Å². The van der Waals surface area contributed by atoms with Crippen molar-refractivity contribution in [1.82, 2.24) is 4.57 Å². The number of para-hydroxylation sites is 1. The summed E-state index contributed by atoms with van der Waals surface area (Å²) in [6, 6.07) is 24.7. The van der Waals surface area contributed by atoms with E-state index in [1.165, 1.54) is 12.1 Å². The smallest absolute Gasteiger partial charge is 0.550 e. The fraction of sp³-hybridized carbons (Fsp3) is 0.359. The number of halogens is 1. The van der Waals surface area contributed by atoms with E-state index in [1.54, 1.807) is 24.3 Å². The van der Waals surface area contributed by atoms with Crippen LogP contribution in [0, 0.1) is 5.82 Å². The molecule has 0 radical (unpaired) electrons. The number of aliphatic hydroxyl groups is 7. The normalized spacial score (nSPS) is 14.3. The predicted octanol–water partition coefficient (Wildman–Crippen LogP) is -0.230. The molecule has 4 rings (SSSR count). The second-order valence-corrected chi connectivity index (χ2v) is 12.9. The van der Waals surface area contributed by atoms with Crippen molar-refractivity contribution < 1.29 is 64.7 Å². The Hall–Kier alpha value is -3.52. The Bertz CT molecular complexity index is 1810. The van der Waals surface area contributed by atoms with Gasteiger partial charge in [-0.15, -0.1) is 0 Å². The third-order valence-corrected chi connectivity index (χ3v) is 8.42. The predicted molar refractivity (Wildman–Crippen MR) is 196 cm³/mol. The number of aromatic nitrogens is 1. The van der Waals surface area contributed by atoms with Gasteiger partial charge in [-0.3, -0.25) is 4.79 Å². The third-order valence-electron chi connectivity index (χ3n) is 8.42. The first-order valence-electron chi connectivity index (χ1n) is 17.1. The Morgan fingerprint density at radius 3 is 1.85 bits per heavy atom.